The lowest BCUT2D eigenvalue weighted by atomic mass is 9.84. The van der Waals surface area contributed by atoms with Crippen LogP contribution in [0.4, 0.5) is 5.00 Å². The molecule has 5 heteroatoms. The largest absolute Gasteiger partial charge is 0.462 e. The van der Waals surface area contributed by atoms with E-state index < -0.39 is 5.41 Å². The summed E-state index contributed by atoms with van der Waals surface area (Å²) in [5.41, 5.74) is 2.16. The van der Waals surface area contributed by atoms with E-state index >= 15 is 0 Å². The number of anilines is 1. The molecular formula is C23H29NO3S. The number of carbonyl (C=O) groups is 2. The van der Waals surface area contributed by atoms with Crippen molar-refractivity contribution in [1.29, 1.82) is 0 Å². The second-order valence-electron chi connectivity index (χ2n) is 8.28. The number of hydrogen-bond donors (Lipinski definition) is 1. The third-order valence-corrected chi connectivity index (χ3v) is 6.49. The third kappa shape index (κ3) is 4.46. The zero-order valence-corrected chi connectivity index (χ0v) is 17.9. The van der Waals surface area contributed by atoms with Crippen LogP contribution in [0.3, 0.4) is 0 Å². The maximum atomic E-state index is 13.1. The van der Waals surface area contributed by atoms with Gasteiger partial charge in [-0.2, -0.15) is 0 Å². The number of ether oxygens (including phenoxy) is 1. The Morgan fingerprint density at radius 3 is 2.64 bits per heavy atom. The van der Waals surface area contributed by atoms with E-state index in [1.54, 1.807) is 6.92 Å². The van der Waals surface area contributed by atoms with Crippen molar-refractivity contribution in [2.75, 3.05) is 11.9 Å². The van der Waals surface area contributed by atoms with Gasteiger partial charge in [0.15, 0.2) is 0 Å². The van der Waals surface area contributed by atoms with Crippen molar-refractivity contribution < 1.29 is 14.3 Å². The summed E-state index contributed by atoms with van der Waals surface area (Å²) >= 11 is 1.54. The molecule has 0 radical (unpaired) electrons. The quantitative estimate of drug-likeness (QED) is 0.674. The second-order valence-corrected chi connectivity index (χ2v) is 9.38. The SMILES string of the molecule is CCOC(=O)c1c(NC(=O)C(C)(C)Cc2ccccc2)sc2c1CCC(C)C2. The van der Waals surface area contributed by atoms with Crippen LogP contribution in [0.2, 0.25) is 0 Å². The van der Waals surface area contributed by atoms with E-state index in [4.69, 9.17) is 4.74 Å². The zero-order valence-electron chi connectivity index (χ0n) is 17.1. The zero-order chi connectivity index (χ0) is 20.3. The summed E-state index contributed by atoms with van der Waals surface area (Å²) in [5, 5.41) is 3.70. The highest BCUT2D eigenvalue weighted by atomic mass is 32.1. The smallest absolute Gasteiger partial charge is 0.341 e. The summed E-state index contributed by atoms with van der Waals surface area (Å²) < 4.78 is 5.30. The highest BCUT2D eigenvalue weighted by Crippen LogP contribution is 2.40. The van der Waals surface area contributed by atoms with Gasteiger partial charge in [0.1, 0.15) is 5.00 Å². The Hall–Kier alpha value is -2.14. The van der Waals surface area contributed by atoms with Crippen LogP contribution in [-0.4, -0.2) is 18.5 Å². The summed E-state index contributed by atoms with van der Waals surface area (Å²) in [5.74, 6) is 0.193. The summed E-state index contributed by atoms with van der Waals surface area (Å²) in [6, 6.07) is 10.0. The maximum Gasteiger partial charge on any atom is 0.341 e. The Labute approximate surface area is 171 Å². The van der Waals surface area contributed by atoms with Crippen molar-refractivity contribution in [3.8, 4) is 0 Å². The molecule has 1 amide bonds. The number of hydrogen-bond acceptors (Lipinski definition) is 4. The molecule has 1 aliphatic carbocycles. The van der Waals surface area contributed by atoms with Gasteiger partial charge in [-0.3, -0.25) is 4.79 Å². The Morgan fingerprint density at radius 1 is 1.25 bits per heavy atom. The molecule has 1 unspecified atom stereocenters. The molecule has 28 heavy (non-hydrogen) atoms. The van der Waals surface area contributed by atoms with E-state index in [9.17, 15) is 9.59 Å². The predicted octanol–water partition coefficient (Wildman–Crippen LogP) is 5.26. The topological polar surface area (TPSA) is 55.4 Å². The fraction of sp³-hybridized carbons (Fsp3) is 0.478. The molecule has 0 fully saturated rings. The van der Waals surface area contributed by atoms with Crippen LogP contribution >= 0.6 is 11.3 Å². The third-order valence-electron chi connectivity index (χ3n) is 5.32. The fourth-order valence-electron chi connectivity index (χ4n) is 3.72. The molecule has 0 aliphatic heterocycles. The molecule has 4 nitrogen and oxygen atoms in total. The average Bonchev–Trinajstić information content (AvgIpc) is 2.99. The minimum Gasteiger partial charge on any atom is -0.462 e. The highest BCUT2D eigenvalue weighted by molar-refractivity contribution is 7.17. The van der Waals surface area contributed by atoms with E-state index in [1.165, 1.54) is 16.2 Å². The molecule has 1 atom stereocenters. The number of rotatable bonds is 6. The molecule has 1 aromatic carbocycles. The lowest BCUT2D eigenvalue weighted by Gasteiger charge is -2.23. The number of nitrogens with one attached hydrogen (secondary N) is 1. The summed E-state index contributed by atoms with van der Waals surface area (Å²) in [6.07, 6.45) is 3.51. The number of esters is 1. The first-order valence-electron chi connectivity index (χ1n) is 9.99. The minimum atomic E-state index is -0.592. The Morgan fingerprint density at radius 2 is 1.96 bits per heavy atom. The van der Waals surface area contributed by atoms with Gasteiger partial charge in [0, 0.05) is 10.3 Å². The summed E-state index contributed by atoms with van der Waals surface area (Å²) in [6.45, 7) is 8.24. The van der Waals surface area contributed by atoms with Crippen LogP contribution < -0.4 is 5.32 Å². The van der Waals surface area contributed by atoms with E-state index in [2.05, 4.69) is 12.2 Å². The van der Waals surface area contributed by atoms with Gasteiger partial charge < -0.3 is 10.1 Å². The number of amides is 1. The first-order valence-corrected chi connectivity index (χ1v) is 10.8. The molecule has 0 saturated carbocycles. The standard InChI is InChI=1S/C23H29NO3S/c1-5-27-21(25)19-17-12-11-15(2)13-18(17)28-20(19)24-22(26)23(3,4)14-16-9-7-6-8-10-16/h6-10,15H,5,11-14H2,1-4H3,(H,24,26). The molecule has 0 bridgehead atoms. The van der Waals surface area contributed by atoms with Crippen LogP contribution in [0, 0.1) is 11.3 Å². The monoisotopic (exact) mass is 399 g/mol. The lowest BCUT2D eigenvalue weighted by molar-refractivity contribution is -0.123. The van der Waals surface area contributed by atoms with Crippen molar-refractivity contribution >= 4 is 28.2 Å². The summed E-state index contributed by atoms with van der Waals surface area (Å²) in [7, 11) is 0. The highest BCUT2D eigenvalue weighted by Gasteiger charge is 2.33. The fourth-order valence-corrected chi connectivity index (χ4v) is 5.11. The number of thiophene rings is 1. The molecule has 1 N–H and O–H groups in total. The van der Waals surface area contributed by atoms with Gasteiger partial charge in [-0.15, -0.1) is 11.3 Å². The van der Waals surface area contributed by atoms with Crippen molar-refractivity contribution in [3.63, 3.8) is 0 Å². The van der Waals surface area contributed by atoms with Gasteiger partial charge in [0.05, 0.1) is 12.2 Å². The van der Waals surface area contributed by atoms with E-state index in [0.717, 1.165) is 30.4 Å². The van der Waals surface area contributed by atoms with Crippen LogP contribution in [0.1, 0.15) is 60.5 Å². The van der Waals surface area contributed by atoms with Crippen LogP contribution in [-0.2, 0) is 28.8 Å². The molecule has 0 spiro atoms. The summed E-state index contributed by atoms with van der Waals surface area (Å²) in [4.78, 5) is 26.9. The lowest BCUT2D eigenvalue weighted by Crippen LogP contribution is -2.33. The van der Waals surface area contributed by atoms with Gasteiger partial charge >= 0.3 is 5.97 Å². The first-order chi connectivity index (χ1) is 13.3. The number of benzene rings is 1. The first kappa shape index (κ1) is 20.6. The van der Waals surface area contributed by atoms with Crippen LogP contribution in [0.25, 0.3) is 0 Å². The van der Waals surface area contributed by atoms with E-state index in [1.807, 2.05) is 44.2 Å². The van der Waals surface area contributed by atoms with Crippen molar-refractivity contribution in [1.82, 2.24) is 0 Å². The Kier molecular flexibility index (Phi) is 6.23. The minimum absolute atomic E-state index is 0.0754. The molecular weight excluding hydrogens is 370 g/mol. The average molecular weight is 400 g/mol. The molecule has 1 aromatic heterocycles. The van der Waals surface area contributed by atoms with Crippen molar-refractivity contribution in [3.05, 3.63) is 51.9 Å². The van der Waals surface area contributed by atoms with E-state index in [-0.39, 0.29) is 11.9 Å². The van der Waals surface area contributed by atoms with Gasteiger partial charge in [0.25, 0.3) is 0 Å². The normalized spacial score (nSPS) is 16.4. The molecule has 150 valence electrons. The number of carbonyl (C=O) groups excluding carboxylic acids is 2. The maximum absolute atomic E-state index is 13.1. The van der Waals surface area contributed by atoms with Crippen molar-refractivity contribution in [2.45, 2.75) is 53.4 Å². The van der Waals surface area contributed by atoms with Crippen LogP contribution in [0.15, 0.2) is 30.3 Å². The molecule has 0 saturated heterocycles. The molecule has 3 rings (SSSR count). The van der Waals surface area contributed by atoms with Gasteiger partial charge in [-0.25, -0.2) is 4.79 Å². The van der Waals surface area contributed by atoms with Gasteiger partial charge in [-0.05, 0) is 49.7 Å². The molecule has 2 aromatic rings. The second kappa shape index (κ2) is 8.48. The van der Waals surface area contributed by atoms with Crippen molar-refractivity contribution in [2.24, 2.45) is 11.3 Å². The Bertz CT molecular complexity index is 854. The van der Waals surface area contributed by atoms with Gasteiger partial charge in [-0.1, -0.05) is 51.1 Å². The molecule has 1 aliphatic rings. The van der Waals surface area contributed by atoms with E-state index in [0.29, 0.717) is 29.5 Å². The molecule has 1 heterocycles. The Balaban J connectivity index is 1.86. The van der Waals surface area contributed by atoms with Crippen LogP contribution in [0.5, 0.6) is 0 Å². The number of fused-ring (bicyclic) bond motifs is 1. The van der Waals surface area contributed by atoms with Gasteiger partial charge in [0.2, 0.25) is 5.91 Å². The predicted molar refractivity (Wildman–Crippen MR) is 114 cm³/mol.